The van der Waals surface area contributed by atoms with Crippen molar-refractivity contribution in [1.29, 1.82) is 0 Å². The van der Waals surface area contributed by atoms with Gasteiger partial charge < -0.3 is 10.0 Å². The predicted octanol–water partition coefficient (Wildman–Crippen LogP) is 4.86. The number of anilines is 2. The van der Waals surface area contributed by atoms with E-state index >= 15 is 0 Å². The Labute approximate surface area is 183 Å². The summed E-state index contributed by atoms with van der Waals surface area (Å²) >= 11 is 7.77. The lowest BCUT2D eigenvalue weighted by Gasteiger charge is -2.21. The van der Waals surface area contributed by atoms with Crippen LogP contribution in [0.3, 0.4) is 0 Å². The molecule has 1 aromatic heterocycles. The number of nitrogens with one attached hydrogen (secondary N) is 2. The molecule has 1 aliphatic carbocycles. The van der Waals surface area contributed by atoms with Gasteiger partial charge in [-0.2, -0.15) is 0 Å². The number of aromatic nitrogens is 2. The van der Waals surface area contributed by atoms with E-state index in [1.54, 1.807) is 30.8 Å². The Morgan fingerprint density at radius 2 is 1.97 bits per heavy atom. The standard InChI is InChI=1S/C20H25ClN4O2S2/c1-28-25-19-12-22-18(11-23-19)24-20(26)15(9-13-5-3-4-6-13)14-7-8-17(29(2)27)16(21)10-14/h7-8,10-13,15H,3-6,9H2,1-2H3,(H,23,25)(H,22,24,26). The number of benzene rings is 1. The van der Waals surface area contributed by atoms with Gasteiger partial charge in [0.25, 0.3) is 0 Å². The maximum Gasteiger partial charge on any atom is 0.233 e. The summed E-state index contributed by atoms with van der Waals surface area (Å²) in [5.74, 6) is 1.09. The van der Waals surface area contributed by atoms with Crippen molar-refractivity contribution in [2.45, 2.75) is 42.9 Å². The minimum absolute atomic E-state index is 0.127. The van der Waals surface area contributed by atoms with E-state index < -0.39 is 10.8 Å². The molecule has 1 saturated carbocycles. The first-order chi connectivity index (χ1) is 14.0. The SMILES string of the molecule is CSNc1cnc(NC(=O)C(CC2CCCC2)c2ccc(S(C)=O)c(Cl)c2)cn1. The van der Waals surface area contributed by atoms with Gasteiger partial charge in [-0.25, -0.2) is 9.97 Å². The Kier molecular flexibility index (Phi) is 7.91. The number of carbonyl (C=O) groups is 1. The maximum absolute atomic E-state index is 13.1. The van der Waals surface area contributed by atoms with E-state index in [1.165, 1.54) is 24.8 Å². The predicted molar refractivity (Wildman–Crippen MR) is 121 cm³/mol. The summed E-state index contributed by atoms with van der Waals surface area (Å²) in [6.45, 7) is 0. The number of halogens is 1. The van der Waals surface area contributed by atoms with E-state index in [9.17, 15) is 9.00 Å². The van der Waals surface area contributed by atoms with Crippen LogP contribution in [0, 0.1) is 5.92 Å². The van der Waals surface area contributed by atoms with Gasteiger partial charge >= 0.3 is 0 Å². The fraction of sp³-hybridized carbons (Fsp3) is 0.450. The largest absolute Gasteiger partial charge is 0.313 e. The van der Waals surface area contributed by atoms with Crippen molar-refractivity contribution in [1.82, 2.24) is 9.97 Å². The first kappa shape index (κ1) is 22.1. The summed E-state index contributed by atoms with van der Waals surface area (Å²) in [6, 6.07) is 5.39. The lowest BCUT2D eigenvalue weighted by molar-refractivity contribution is -0.118. The molecule has 2 aromatic rings. The van der Waals surface area contributed by atoms with Crippen LogP contribution in [-0.2, 0) is 15.6 Å². The first-order valence-electron chi connectivity index (χ1n) is 9.52. The third kappa shape index (κ3) is 5.93. The Morgan fingerprint density at radius 3 is 2.55 bits per heavy atom. The van der Waals surface area contributed by atoms with Crippen molar-refractivity contribution < 1.29 is 9.00 Å². The molecule has 0 bridgehead atoms. The second kappa shape index (κ2) is 10.4. The topological polar surface area (TPSA) is 84.0 Å². The Morgan fingerprint density at radius 1 is 1.28 bits per heavy atom. The van der Waals surface area contributed by atoms with E-state index in [0.717, 1.165) is 24.8 Å². The van der Waals surface area contributed by atoms with Crippen LogP contribution in [0.25, 0.3) is 0 Å². The molecular weight excluding hydrogens is 428 g/mol. The normalized spacial score (nSPS) is 16.4. The number of hydrogen-bond donors (Lipinski definition) is 2. The quantitative estimate of drug-likeness (QED) is 0.556. The minimum Gasteiger partial charge on any atom is -0.313 e. The van der Waals surface area contributed by atoms with Gasteiger partial charge in [-0.15, -0.1) is 0 Å². The zero-order valence-corrected chi connectivity index (χ0v) is 18.9. The van der Waals surface area contributed by atoms with Crippen LogP contribution < -0.4 is 10.0 Å². The molecule has 2 unspecified atom stereocenters. The number of amides is 1. The molecule has 29 heavy (non-hydrogen) atoms. The second-order valence-corrected chi connectivity index (χ2v) is 9.53. The molecule has 9 heteroatoms. The van der Waals surface area contributed by atoms with E-state index in [1.807, 2.05) is 12.3 Å². The molecule has 0 saturated heterocycles. The van der Waals surface area contributed by atoms with Crippen LogP contribution in [0.4, 0.5) is 11.6 Å². The molecule has 0 spiro atoms. The van der Waals surface area contributed by atoms with Gasteiger partial charge in [-0.3, -0.25) is 9.00 Å². The van der Waals surface area contributed by atoms with E-state index in [4.69, 9.17) is 11.6 Å². The molecule has 2 atom stereocenters. The van der Waals surface area contributed by atoms with Crippen molar-refractivity contribution in [3.05, 3.63) is 41.2 Å². The fourth-order valence-electron chi connectivity index (χ4n) is 3.70. The van der Waals surface area contributed by atoms with Crippen molar-refractivity contribution in [3.63, 3.8) is 0 Å². The van der Waals surface area contributed by atoms with Crippen LogP contribution in [0.5, 0.6) is 0 Å². The highest BCUT2D eigenvalue weighted by atomic mass is 35.5. The Bertz CT molecular complexity index is 873. The molecule has 156 valence electrons. The smallest absolute Gasteiger partial charge is 0.233 e. The molecule has 1 aromatic carbocycles. The lowest BCUT2D eigenvalue weighted by Crippen LogP contribution is -2.24. The van der Waals surface area contributed by atoms with Gasteiger partial charge in [0.1, 0.15) is 0 Å². The Balaban J connectivity index is 1.81. The van der Waals surface area contributed by atoms with Crippen molar-refractivity contribution in [2.24, 2.45) is 5.92 Å². The van der Waals surface area contributed by atoms with Gasteiger partial charge in [-0.05, 0) is 30.0 Å². The van der Waals surface area contributed by atoms with Crippen LogP contribution >= 0.6 is 23.5 Å². The highest BCUT2D eigenvalue weighted by molar-refractivity contribution is 7.99. The number of hydrogen-bond acceptors (Lipinski definition) is 6. The zero-order valence-electron chi connectivity index (χ0n) is 16.5. The van der Waals surface area contributed by atoms with Gasteiger partial charge in [0, 0.05) is 12.5 Å². The molecule has 1 fully saturated rings. The molecule has 1 amide bonds. The van der Waals surface area contributed by atoms with Gasteiger partial charge in [-0.1, -0.05) is 55.3 Å². The molecule has 2 N–H and O–H groups in total. The van der Waals surface area contributed by atoms with Crippen molar-refractivity contribution in [2.75, 3.05) is 22.6 Å². The average Bonchev–Trinajstić information content (AvgIpc) is 3.20. The van der Waals surface area contributed by atoms with Gasteiger partial charge in [0.05, 0.1) is 39.0 Å². The minimum atomic E-state index is -1.17. The lowest BCUT2D eigenvalue weighted by atomic mass is 9.87. The molecule has 6 nitrogen and oxygen atoms in total. The molecule has 1 aliphatic rings. The second-order valence-electron chi connectivity index (χ2n) is 7.17. The van der Waals surface area contributed by atoms with Crippen molar-refractivity contribution in [3.8, 4) is 0 Å². The highest BCUT2D eigenvalue weighted by Crippen LogP contribution is 2.36. The van der Waals surface area contributed by atoms with Crippen LogP contribution in [0.15, 0.2) is 35.5 Å². The monoisotopic (exact) mass is 452 g/mol. The van der Waals surface area contributed by atoms with Crippen molar-refractivity contribution >= 4 is 51.9 Å². The third-order valence-corrected chi connectivity index (χ3v) is 6.95. The summed E-state index contributed by atoms with van der Waals surface area (Å²) in [7, 11) is -1.17. The molecular formula is C20H25ClN4O2S2. The number of carbonyl (C=O) groups excluding carboxylic acids is 1. The number of nitrogens with zero attached hydrogens (tertiary/aromatic N) is 2. The summed E-state index contributed by atoms with van der Waals surface area (Å²) in [4.78, 5) is 22.2. The van der Waals surface area contributed by atoms with Crippen LogP contribution in [-0.4, -0.2) is 32.6 Å². The summed E-state index contributed by atoms with van der Waals surface area (Å²) < 4.78 is 14.8. The molecule has 0 radical (unpaired) electrons. The van der Waals surface area contributed by atoms with E-state index in [0.29, 0.717) is 27.5 Å². The Hall–Kier alpha value is -1.64. The molecule has 3 rings (SSSR count). The van der Waals surface area contributed by atoms with Gasteiger partial charge in [0.15, 0.2) is 11.6 Å². The third-order valence-electron chi connectivity index (χ3n) is 5.14. The van der Waals surface area contributed by atoms with Gasteiger partial charge in [0.2, 0.25) is 5.91 Å². The molecule has 0 aliphatic heterocycles. The first-order valence-corrected chi connectivity index (χ1v) is 12.7. The maximum atomic E-state index is 13.1. The van der Waals surface area contributed by atoms with Crippen LogP contribution in [0.2, 0.25) is 5.02 Å². The summed E-state index contributed by atoms with van der Waals surface area (Å²) in [5.41, 5.74) is 0.835. The summed E-state index contributed by atoms with van der Waals surface area (Å²) in [6.07, 6.45) is 12.1. The highest BCUT2D eigenvalue weighted by Gasteiger charge is 2.27. The average molecular weight is 453 g/mol. The summed E-state index contributed by atoms with van der Waals surface area (Å²) in [5, 5.41) is 3.32. The van der Waals surface area contributed by atoms with E-state index in [2.05, 4.69) is 20.0 Å². The fourth-order valence-corrected chi connectivity index (χ4v) is 5.13. The van der Waals surface area contributed by atoms with Crippen LogP contribution in [0.1, 0.15) is 43.6 Å². The number of rotatable bonds is 8. The zero-order chi connectivity index (χ0) is 20.8. The molecule has 1 heterocycles. The van der Waals surface area contributed by atoms with E-state index in [-0.39, 0.29) is 11.8 Å².